The third kappa shape index (κ3) is 3.50. The van der Waals surface area contributed by atoms with Crippen molar-refractivity contribution in [2.24, 2.45) is 0 Å². The average Bonchev–Trinajstić information content (AvgIpc) is 2.99. The molecule has 0 radical (unpaired) electrons. The monoisotopic (exact) mass is 345 g/mol. The minimum absolute atomic E-state index is 0.00649. The molecule has 1 aliphatic heterocycles. The fourth-order valence-electron chi connectivity index (χ4n) is 2.47. The number of carbonyl (C=O) groups is 2. The molecule has 1 aliphatic rings. The predicted octanol–water partition coefficient (Wildman–Crippen LogP) is 0.779. The molecule has 0 aromatic heterocycles. The number of methoxy groups -OCH3 is 1. The van der Waals surface area contributed by atoms with Crippen LogP contribution in [0.5, 0.6) is 0 Å². The molecule has 2 rings (SSSR count). The molecule has 0 spiro atoms. The molecule has 1 fully saturated rings. The van der Waals surface area contributed by atoms with Gasteiger partial charge in [0, 0.05) is 6.54 Å². The molecule has 0 bridgehead atoms. The van der Waals surface area contributed by atoms with Gasteiger partial charge < -0.3 is 9.84 Å². The molecular formula is C14H16FNO6S. The van der Waals surface area contributed by atoms with E-state index in [2.05, 4.69) is 4.74 Å². The molecular weight excluding hydrogens is 329 g/mol. The van der Waals surface area contributed by atoms with Crippen LogP contribution >= 0.6 is 0 Å². The number of carbonyl (C=O) groups excluding carboxylic acids is 1. The lowest BCUT2D eigenvalue weighted by Crippen LogP contribution is -2.40. The molecule has 1 unspecified atom stereocenters. The molecule has 1 aromatic carbocycles. The Kier molecular flexibility index (Phi) is 5.00. The molecule has 1 atom stereocenters. The number of rotatable bonds is 5. The quantitative estimate of drug-likeness (QED) is 0.792. The number of aliphatic carboxylic acids is 1. The molecule has 0 amide bonds. The smallest absolute Gasteiger partial charge is 0.322 e. The Balaban J connectivity index is 2.32. The summed E-state index contributed by atoms with van der Waals surface area (Å²) in [5.74, 6) is -2.73. The molecule has 23 heavy (non-hydrogen) atoms. The first kappa shape index (κ1) is 17.4. The van der Waals surface area contributed by atoms with E-state index in [-0.39, 0.29) is 29.8 Å². The van der Waals surface area contributed by atoms with Gasteiger partial charge in [-0.1, -0.05) is 6.07 Å². The van der Waals surface area contributed by atoms with E-state index in [1.54, 1.807) is 0 Å². The van der Waals surface area contributed by atoms with Crippen molar-refractivity contribution in [3.05, 3.63) is 29.6 Å². The van der Waals surface area contributed by atoms with Gasteiger partial charge in [0.05, 0.1) is 18.4 Å². The van der Waals surface area contributed by atoms with Crippen molar-refractivity contribution in [1.29, 1.82) is 0 Å². The standard InChI is InChI=1S/C14H16FNO6S/c1-22-13(17)7-9-4-5-10(8-11(9)15)23(20,21)16-6-2-3-12(16)14(18)19/h4-5,8,12H,2-3,6-7H2,1H3,(H,18,19). The Labute approximate surface area is 132 Å². The second-order valence-corrected chi connectivity index (χ2v) is 7.01. The number of carboxylic acids is 1. The highest BCUT2D eigenvalue weighted by Gasteiger charge is 2.39. The fourth-order valence-corrected chi connectivity index (χ4v) is 4.13. The largest absolute Gasteiger partial charge is 0.480 e. The van der Waals surface area contributed by atoms with Gasteiger partial charge in [0.15, 0.2) is 0 Å². The predicted molar refractivity (Wildman–Crippen MR) is 76.7 cm³/mol. The van der Waals surface area contributed by atoms with E-state index in [9.17, 15) is 22.4 Å². The van der Waals surface area contributed by atoms with Gasteiger partial charge in [-0.05, 0) is 30.5 Å². The van der Waals surface area contributed by atoms with E-state index < -0.39 is 33.8 Å². The molecule has 126 valence electrons. The van der Waals surface area contributed by atoms with E-state index in [1.807, 2.05) is 0 Å². The van der Waals surface area contributed by atoms with Crippen LogP contribution in [0.25, 0.3) is 0 Å². The lowest BCUT2D eigenvalue weighted by Gasteiger charge is -2.21. The average molecular weight is 345 g/mol. The van der Waals surface area contributed by atoms with Crippen molar-refractivity contribution in [3.63, 3.8) is 0 Å². The lowest BCUT2D eigenvalue weighted by molar-refractivity contribution is -0.141. The number of halogens is 1. The van der Waals surface area contributed by atoms with Crippen molar-refractivity contribution < 1.29 is 32.2 Å². The van der Waals surface area contributed by atoms with Gasteiger partial charge in [0.2, 0.25) is 10.0 Å². The molecule has 1 N–H and O–H groups in total. The van der Waals surface area contributed by atoms with E-state index in [1.165, 1.54) is 13.2 Å². The number of esters is 1. The van der Waals surface area contributed by atoms with E-state index in [4.69, 9.17) is 5.11 Å². The van der Waals surface area contributed by atoms with E-state index in [0.29, 0.717) is 6.42 Å². The Morgan fingerprint density at radius 2 is 2.13 bits per heavy atom. The van der Waals surface area contributed by atoms with Gasteiger partial charge in [-0.2, -0.15) is 4.31 Å². The zero-order valence-corrected chi connectivity index (χ0v) is 13.2. The second-order valence-electron chi connectivity index (χ2n) is 5.12. The van der Waals surface area contributed by atoms with Gasteiger partial charge in [0.25, 0.3) is 0 Å². The maximum atomic E-state index is 14.0. The third-order valence-corrected chi connectivity index (χ3v) is 5.59. The molecule has 1 aromatic rings. The molecule has 9 heteroatoms. The summed E-state index contributed by atoms with van der Waals surface area (Å²) in [5, 5.41) is 9.09. The minimum Gasteiger partial charge on any atom is -0.480 e. The van der Waals surface area contributed by atoms with Crippen molar-refractivity contribution in [2.45, 2.75) is 30.2 Å². The fraction of sp³-hybridized carbons (Fsp3) is 0.429. The summed E-state index contributed by atoms with van der Waals surface area (Å²) in [6.07, 6.45) is 0.334. The normalized spacial score (nSPS) is 18.8. The zero-order chi connectivity index (χ0) is 17.2. The van der Waals surface area contributed by atoms with Gasteiger partial charge in [0.1, 0.15) is 11.9 Å². The van der Waals surface area contributed by atoms with Crippen LogP contribution in [-0.4, -0.2) is 49.5 Å². The number of hydrogen-bond acceptors (Lipinski definition) is 5. The first-order valence-corrected chi connectivity index (χ1v) is 8.31. The summed E-state index contributed by atoms with van der Waals surface area (Å²) in [7, 11) is -2.94. The van der Waals surface area contributed by atoms with Gasteiger partial charge >= 0.3 is 11.9 Å². The molecule has 0 saturated carbocycles. The summed E-state index contributed by atoms with van der Waals surface area (Å²) in [6.45, 7) is 0.0742. The Bertz CT molecular complexity index is 733. The Morgan fingerprint density at radius 3 is 2.70 bits per heavy atom. The van der Waals surface area contributed by atoms with Crippen LogP contribution in [0, 0.1) is 5.82 Å². The Morgan fingerprint density at radius 1 is 1.43 bits per heavy atom. The Hall–Kier alpha value is -2.00. The first-order valence-electron chi connectivity index (χ1n) is 6.87. The van der Waals surface area contributed by atoms with Crippen molar-refractivity contribution in [1.82, 2.24) is 4.31 Å². The van der Waals surface area contributed by atoms with Crippen molar-refractivity contribution >= 4 is 22.0 Å². The minimum atomic E-state index is -4.11. The number of nitrogens with zero attached hydrogens (tertiary/aromatic N) is 1. The van der Waals surface area contributed by atoms with Crippen LogP contribution in [0.1, 0.15) is 18.4 Å². The zero-order valence-electron chi connectivity index (χ0n) is 12.4. The van der Waals surface area contributed by atoms with Crippen LogP contribution in [0.3, 0.4) is 0 Å². The number of carboxylic acid groups (broad SMARTS) is 1. The van der Waals surface area contributed by atoms with Gasteiger partial charge in [-0.3, -0.25) is 9.59 Å². The maximum absolute atomic E-state index is 14.0. The summed E-state index contributed by atoms with van der Waals surface area (Å²) in [4.78, 5) is 22.0. The van der Waals surface area contributed by atoms with Crippen LogP contribution in [0.2, 0.25) is 0 Å². The summed E-state index contributed by atoms with van der Waals surface area (Å²) >= 11 is 0. The highest BCUT2D eigenvalue weighted by Crippen LogP contribution is 2.27. The molecule has 1 saturated heterocycles. The molecule has 0 aliphatic carbocycles. The summed E-state index contributed by atoms with van der Waals surface area (Å²) in [6, 6.07) is 2.00. The van der Waals surface area contributed by atoms with Gasteiger partial charge in [-0.15, -0.1) is 0 Å². The van der Waals surface area contributed by atoms with Crippen LogP contribution in [0.4, 0.5) is 4.39 Å². The lowest BCUT2D eigenvalue weighted by atomic mass is 10.1. The van der Waals surface area contributed by atoms with Crippen LogP contribution < -0.4 is 0 Å². The van der Waals surface area contributed by atoms with Gasteiger partial charge in [-0.25, -0.2) is 12.8 Å². The second kappa shape index (κ2) is 6.63. The summed E-state index contributed by atoms with van der Waals surface area (Å²) in [5.41, 5.74) is 0.00649. The maximum Gasteiger partial charge on any atom is 0.322 e. The topological polar surface area (TPSA) is 101 Å². The summed E-state index contributed by atoms with van der Waals surface area (Å²) < 4.78 is 44.3. The number of ether oxygens (including phenoxy) is 1. The first-order chi connectivity index (χ1) is 10.8. The number of benzene rings is 1. The molecule has 7 nitrogen and oxygen atoms in total. The number of sulfonamides is 1. The van der Waals surface area contributed by atoms with E-state index >= 15 is 0 Å². The SMILES string of the molecule is COC(=O)Cc1ccc(S(=O)(=O)N2CCCC2C(=O)O)cc1F. The molecule has 1 heterocycles. The van der Waals surface area contributed by atoms with Crippen molar-refractivity contribution in [2.75, 3.05) is 13.7 Å². The van der Waals surface area contributed by atoms with E-state index in [0.717, 1.165) is 16.4 Å². The highest BCUT2D eigenvalue weighted by molar-refractivity contribution is 7.89. The number of hydrogen-bond donors (Lipinski definition) is 1. The third-order valence-electron chi connectivity index (χ3n) is 3.68. The van der Waals surface area contributed by atoms with Crippen LogP contribution in [-0.2, 0) is 30.8 Å². The van der Waals surface area contributed by atoms with Crippen molar-refractivity contribution in [3.8, 4) is 0 Å². The highest BCUT2D eigenvalue weighted by atomic mass is 32.2. The van der Waals surface area contributed by atoms with Crippen LogP contribution in [0.15, 0.2) is 23.1 Å².